The van der Waals surface area contributed by atoms with Crippen LogP contribution in [0.15, 0.2) is 0 Å². The van der Waals surface area contributed by atoms with Crippen LogP contribution < -0.4 is 5.48 Å². The molecular weight excluding hydrogens is 214 g/mol. The van der Waals surface area contributed by atoms with Crippen LogP contribution in [0.4, 0.5) is 0 Å². The number of rotatable bonds is 7. The Morgan fingerprint density at radius 2 is 2.12 bits per heavy atom. The Hall–Kier alpha value is -1.14. The van der Waals surface area contributed by atoms with E-state index in [-0.39, 0.29) is 12.0 Å². The topological polar surface area (TPSA) is 84.9 Å². The molecule has 1 aliphatic rings. The van der Waals surface area contributed by atoms with Gasteiger partial charge in [0.25, 0.3) is 0 Å². The maximum Gasteiger partial charge on any atom is 0.332 e. The number of amides is 1. The molecule has 1 amide bonds. The maximum atomic E-state index is 11.2. The smallest absolute Gasteiger partial charge is 0.332 e. The summed E-state index contributed by atoms with van der Waals surface area (Å²) in [6.07, 6.45) is 2.42. The van der Waals surface area contributed by atoms with Crippen molar-refractivity contribution in [2.45, 2.75) is 32.3 Å². The average molecular weight is 231 g/mol. The molecule has 0 atom stereocenters. The van der Waals surface area contributed by atoms with E-state index < -0.39 is 12.6 Å². The van der Waals surface area contributed by atoms with Crippen LogP contribution in [0.2, 0.25) is 0 Å². The Balaban J connectivity index is 2.01. The van der Waals surface area contributed by atoms with Crippen LogP contribution in [0.3, 0.4) is 0 Å². The maximum absolute atomic E-state index is 11.2. The number of carbonyl (C=O) groups excluding carboxylic acids is 1. The zero-order chi connectivity index (χ0) is 12.0. The molecule has 6 heteroatoms. The molecule has 0 aromatic heterocycles. The summed E-state index contributed by atoms with van der Waals surface area (Å²) in [6, 6.07) is 0. The van der Waals surface area contributed by atoms with E-state index in [9.17, 15) is 9.59 Å². The minimum atomic E-state index is -1.11. The molecule has 0 aliphatic heterocycles. The van der Waals surface area contributed by atoms with Crippen molar-refractivity contribution in [1.82, 2.24) is 5.48 Å². The monoisotopic (exact) mass is 231 g/mol. The second-order valence-corrected chi connectivity index (χ2v) is 3.83. The van der Waals surface area contributed by atoms with Gasteiger partial charge in [-0.1, -0.05) is 0 Å². The highest BCUT2D eigenvalue weighted by Gasteiger charge is 2.31. The normalized spacial score (nSPS) is 23.6. The van der Waals surface area contributed by atoms with Gasteiger partial charge in [-0.05, 0) is 25.7 Å². The van der Waals surface area contributed by atoms with Crippen LogP contribution in [-0.4, -0.2) is 36.3 Å². The SMILES string of the molecule is CCOC1CC(CC(=O)NOCC(=O)O)C1. The lowest BCUT2D eigenvalue weighted by Crippen LogP contribution is -2.36. The van der Waals surface area contributed by atoms with Crippen molar-refractivity contribution in [3.8, 4) is 0 Å². The zero-order valence-corrected chi connectivity index (χ0v) is 9.27. The molecule has 0 spiro atoms. The highest BCUT2D eigenvalue weighted by atomic mass is 16.7. The number of hydrogen-bond acceptors (Lipinski definition) is 4. The number of hydrogen-bond donors (Lipinski definition) is 2. The first-order chi connectivity index (χ1) is 7.61. The third-order valence-corrected chi connectivity index (χ3v) is 2.45. The van der Waals surface area contributed by atoms with Gasteiger partial charge in [-0.2, -0.15) is 0 Å². The largest absolute Gasteiger partial charge is 0.479 e. The molecule has 0 bridgehead atoms. The van der Waals surface area contributed by atoms with Crippen LogP contribution >= 0.6 is 0 Å². The van der Waals surface area contributed by atoms with Gasteiger partial charge in [-0.3, -0.25) is 9.63 Å². The Labute approximate surface area is 93.9 Å². The van der Waals surface area contributed by atoms with Crippen LogP contribution in [0.1, 0.15) is 26.2 Å². The first-order valence-electron chi connectivity index (χ1n) is 5.35. The van der Waals surface area contributed by atoms with Gasteiger partial charge in [-0.25, -0.2) is 10.3 Å². The first-order valence-corrected chi connectivity index (χ1v) is 5.35. The Morgan fingerprint density at radius 1 is 1.44 bits per heavy atom. The third kappa shape index (κ3) is 4.59. The molecule has 1 fully saturated rings. The molecule has 2 N–H and O–H groups in total. The van der Waals surface area contributed by atoms with Gasteiger partial charge < -0.3 is 9.84 Å². The molecule has 0 saturated heterocycles. The number of carboxylic acids is 1. The molecule has 0 unspecified atom stereocenters. The highest BCUT2D eigenvalue weighted by molar-refractivity contribution is 5.75. The van der Waals surface area contributed by atoms with Gasteiger partial charge in [0.2, 0.25) is 5.91 Å². The quantitative estimate of drug-likeness (QED) is 0.616. The number of ether oxygens (including phenoxy) is 1. The summed E-state index contributed by atoms with van der Waals surface area (Å²) < 4.78 is 5.36. The van der Waals surface area contributed by atoms with E-state index in [1.54, 1.807) is 0 Å². The predicted octanol–water partition coefficient (Wildman–Crippen LogP) is 0.324. The lowest BCUT2D eigenvalue weighted by atomic mass is 9.80. The van der Waals surface area contributed by atoms with Gasteiger partial charge in [-0.15, -0.1) is 0 Å². The van der Waals surface area contributed by atoms with E-state index in [2.05, 4.69) is 10.3 Å². The fraction of sp³-hybridized carbons (Fsp3) is 0.800. The molecule has 16 heavy (non-hydrogen) atoms. The van der Waals surface area contributed by atoms with Crippen LogP contribution in [0.5, 0.6) is 0 Å². The number of carbonyl (C=O) groups is 2. The minimum Gasteiger partial charge on any atom is -0.479 e. The summed E-state index contributed by atoms with van der Waals surface area (Å²) in [7, 11) is 0. The molecule has 1 rings (SSSR count). The fourth-order valence-electron chi connectivity index (χ4n) is 1.70. The van der Waals surface area contributed by atoms with Crippen LogP contribution in [0, 0.1) is 5.92 Å². The van der Waals surface area contributed by atoms with E-state index >= 15 is 0 Å². The van der Waals surface area contributed by atoms with Gasteiger partial charge in [0.1, 0.15) is 0 Å². The standard InChI is InChI=1S/C10H17NO5/c1-2-15-8-3-7(4-8)5-9(12)11-16-6-10(13)14/h7-8H,2-6H2,1H3,(H,11,12)(H,13,14). The van der Waals surface area contributed by atoms with Crippen molar-refractivity contribution in [3.63, 3.8) is 0 Å². The highest BCUT2D eigenvalue weighted by Crippen LogP contribution is 2.32. The molecule has 1 saturated carbocycles. The summed E-state index contributed by atoms with van der Waals surface area (Å²) in [5, 5.41) is 8.27. The number of hydroxylamine groups is 1. The van der Waals surface area contributed by atoms with Crippen molar-refractivity contribution in [3.05, 3.63) is 0 Å². The summed E-state index contributed by atoms with van der Waals surface area (Å²) in [6.45, 7) is 2.13. The second-order valence-electron chi connectivity index (χ2n) is 3.83. The van der Waals surface area contributed by atoms with E-state index in [1.165, 1.54) is 0 Å². The lowest BCUT2D eigenvalue weighted by molar-refractivity contribution is -0.150. The molecule has 0 aromatic carbocycles. The van der Waals surface area contributed by atoms with Crippen molar-refractivity contribution >= 4 is 11.9 Å². The molecule has 1 aliphatic carbocycles. The molecular formula is C10H17NO5. The zero-order valence-electron chi connectivity index (χ0n) is 9.27. The second kappa shape index (κ2) is 6.44. The predicted molar refractivity (Wildman–Crippen MR) is 54.5 cm³/mol. The summed E-state index contributed by atoms with van der Waals surface area (Å²) in [5.74, 6) is -1.06. The van der Waals surface area contributed by atoms with E-state index in [1.807, 2.05) is 6.92 Å². The minimum absolute atomic E-state index is 0.277. The van der Waals surface area contributed by atoms with E-state index in [4.69, 9.17) is 9.84 Å². The van der Waals surface area contributed by atoms with Gasteiger partial charge in [0.15, 0.2) is 6.61 Å². The average Bonchev–Trinajstić information content (AvgIpc) is 2.14. The summed E-state index contributed by atoms with van der Waals surface area (Å²) in [5.41, 5.74) is 2.10. The molecule has 6 nitrogen and oxygen atoms in total. The van der Waals surface area contributed by atoms with E-state index in [0.29, 0.717) is 18.9 Å². The molecule has 0 radical (unpaired) electrons. The number of nitrogens with one attached hydrogen (secondary N) is 1. The van der Waals surface area contributed by atoms with Crippen LogP contribution in [0.25, 0.3) is 0 Å². The van der Waals surface area contributed by atoms with Gasteiger partial charge in [0, 0.05) is 13.0 Å². The third-order valence-electron chi connectivity index (χ3n) is 2.45. The Kier molecular flexibility index (Phi) is 5.21. The van der Waals surface area contributed by atoms with Gasteiger partial charge >= 0.3 is 5.97 Å². The lowest BCUT2D eigenvalue weighted by Gasteiger charge is -2.34. The molecule has 0 aromatic rings. The molecule has 92 valence electrons. The molecule has 0 heterocycles. The first kappa shape index (κ1) is 12.9. The fourth-order valence-corrected chi connectivity index (χ4v) is 1.70. The van der Waals surface area contributed by atoms with Crippen molar-refractivity contribution in [2.24, 2.45) is 5.92 Å². The van der Waals surface area contributed by atoms with Crippen molar-refractivity contribution in [2.75, 3.05) is 13.2 Å². The summed E-state index contributed by atoms with van der Waals surface area (Å²) in [4.78, 5) is 25.8. The number of carboxylic acid groups (broad SMARTS) is 1. The number of aliphatic carboxylic acids is 1. The van der Waals surface area contributed by atoms with E-state index in [0.717, 1.165) is 12.8 Å². The van der Waals surface area contributed by atoms with Gasteiger partial charge in [0.05, 0.1) is 6.10 Å². The Morgan fingerprint density at radius 3 is 2.69 bits per heavy atom. The van der Waals surface area contributed by atoms with Crippen molar-refractivity contribution in [1.29, 1.82) is 0 Å². The van der Waals surface area contributed by atoms with Crippen LogP contribution in [-0.2, 0) is 19.2 Å². The Bertz CT molecular complexity index is 250. The van der Waals surface area contributed by atoms with Crippen molar-refractivity contribution < 1.29 is 24.3 Å². The summed E-state index contributed by atoms with van der Waals surface area (Å²) >= 11 is 0.